The second-order valence-electron chi connectivity index (χ2n) is 4.72. The number of anilines is 2. The number of hydrogen-bond acceptors (Lipinski definition) is 7. The number of rotatable bonds is 5. The van der Waals surface area contributed by atoms with Crippen molar-refractivity contribution in [1.29, 1.82) is 0 Å². The van der Waals surface area contributed by atoms with Gasteiger partial charge in [-0.25, -0.2) is 10.3 Å². The lowest BCUT2D eigenvalue weighted by Crippen LogP contribution is -2.25. The fourth-order valence-corrected chi connectivity index (χ4v) is 2.17. The van der Waals surface area contributed by atoms with Crippen molar-refractivity contribution in [2.75, 3.05) is 24.4 Å². The Hall–Kier alpha value is -3.06. The van der Waals surface area contributed by atoms with Gasteiger partial charge in [-0.2, -0.15) is 10.0 Å². The van der Waals surface area contributed by atoms with Crippen LogP contribution in [0.25, 0.3) is 0 Å². The molecule has 2 aromatic carbocycles. The zero-order chi connectivity index (χ0) is 16.2. The standard InChI is InChI=1S/C16H14N2O5/c1-21-13-6-2-4-11(8-13)16(20)22-10-18-14-7-3-5-12(9-19)15(14)17-23-18/h2-9,17H,10H2,1H3. The van der Waals surface area contributed by atoms with E-state index in [1.54, 1.807) is 42.5 Å². The number of aldehydes is 1. The zero-order valence-electron chi connectivity index (χ0n) is 12.3. The summed E-state index contributed by atoms with van der Waals surface area (Å²) in [4.78, 5) is 28.3. The summed E-state index contributed by atoms with van der Waals surface area (Å²) < 4.78 is 10.3. The Labute approximate surface area is 132 Å². The van der Waals surface area contributed by atoms with Crippen LogP contribution >= 0.6 is 0 Å². The molecule has 0 spiro atoms. The molecule has 3 rings (SSSR count). The molecule has 2 aromatic rings. The first-order valence-electron chi connectivity index (χ1n) is 6.83. The van der Waals surface area contributed by atoms with E-state index in [1.165, 1.54) is 12.2 Å². The highest BCUT2D eigenvalue weighted by molar-refractivity contribution is 5.92. The van der Waals surface area contributed by atoms with Crippen molar-refractivity contribution in [3.8, 4) is 5.75 Å². The Balaban J connectivity index is 1.68. The third-order valence-electron chi connectivity index (χ3n) is 3.35. The number of carbonyl (C=O) groups excluding carboxylic acids is 2. The highest BCUT2D eigenvalue weighted by Gasteiger charge is 2.24. The Kier molecular flexibility index (Phi) is 4.11. The van der Waals surface area contributed by atoms with Crippen LogP contribution in [0.15, 0.2) is 42.5 Å². The number of benzene rings is 2. The minimum Gasteiger partial charge on any atom is -0.497 e. The summed E-state index contributed by atoms with van der Waals surface area (Å²) in [5.41, 5.74) is 4.63. The van der Waals surface area contributed by atoms with Gasteiger partial charge in [-0.3, -0.25) is 4.79 Å². The van der Waals surface area contributed by atoms with Gasteiger partial charge in [-0.1, -0.05) is 12.1 Å². The molecule has 1 aliphatic rings. The van der Waals surface area contributed by atoms with E-state index in [9.17, 15) is 9.59 Å². The van der Waals surface area contributed by atoms with E-state index in [2.05, 4.69) is 5.48 Å². The quantitative estimate of drug-likeness (QED) is 0.670. The molecule has 0 amide bonds. The maximum Gasteiger partial charge on any atom is 0.340 e. The number of para-hydroxylation sites is 1. The number of hydroxylamine groups is 1. The van der Waals surface area contributed by atoms with Gasteiger partial charge in [0.25, 0.3) is 0 Å². The predicted octanol–water partition coefficient (Wildman–Crippen LogP) is 2.40. The second kappa shape index (κ2) is 6.37. The molecular formula is C16H14N2O5. The zero-order valence-corrected chi connectivity index (χ0v) is 12.3. The number of methoxy groups -OCH3 is 1. The molecule has 23 heavy (non-hydrogen) atoms. The Morgan fingerprint density at radius 2 is 2.13 bits per heavy atom. The highest BCUT2D eigenvalue weighted by atomic mass is 16.8. The van der Waals surface area contributed by atoms with Gasteiger partial charge in [0.2, 0.25) is 0 Å². The minimum atomic E-state index is -0.507. The molecule has 0 fully saturated rings. The number of esters is 1. The fraction of sp³-hybridized carbons (Fsp3) is 0.125. The average Bonchev–Trinajstić information content (AvgIpc) is 3.02. The smallest absolute Gasteiger partial charge is 0.340 e. The lowest BCUT2D eigenvalue weighted by atomic mass is 10.1. The number of carbonyl (C=O) groups is 2. The first kappa shape index (κ1) is 14.9. The number of fused-ring (bicyclic) bond motifs is 1. The number of ether oxygens (including phenoxy) is 2. The van der Waals surface area contributed by atoms with Gasteiger partial charge < -0.3 is 9.47 Å². The van der Waals surface area contributed by atoms with Crippen LogP contribution in [0.2, 0.25) is 0 Å². The second-order valence-corrected chi connectivity index (χ2v) is 4.72. The van der Waals surface area contributed by atoms with Gasteiger partial charge in [-0.05, 0) is 30.3 Å². The van der Waals surface area contributed by atoms with Crippen LogP contribution in [0.5, 0.6) is 5.75 Å². The summed E-state index contributed by atoms with van der Waals surface area (Å²) in [5, 5.41) is 1.35. The maximum atomic E-state index is 12.1. The average molecular weight is 314 g/mol. The van der Waals surface area contributed by atoms with Crippen LogP contribution in [-0.4, -0.2) is 26.1 Å². The molecule has 0 saturated carbocycles. The number of hydrogen-bond donors (Lipinski definition) is 1. The third kappa shape index (κ3) is 2.95. The SMILES string of the molecule is COc1cccc(C(=O)OCN2ONc3c(C=O)cccc32)c1. The van der Waals surface area contributed by atoms with Crippen molar-refractivity contribution in [3.05, 3.63) is 53.6 Å². The largest absolute Gasteiger partial charge is 0.497 e. The van der Waals surface area contributed by atoms with Crippen molar-refractivity contribution < 1.29 is 24.0 Å². The van der Waals surface area contributed by atoms with Crippen molar-refractivity contribution in [1.82, 2.24) is 0 Å². The van der Waals surface area contributed by atoms with E-state index in [0.29, 0.717) is 28.3 Å². The summed E-state index contributed by atoms with van der Waals surface area (Å²) >= 11 is 0. The fourth-order valence-electron chi connectivity index (χ4n) is 2.17. The van der Waals surface area contributed by atoms with Gasteiger partial charge >= 0.3 is 5.97 Å². The molecule has 0 saturated heterocycles. The van der Waals surface area contributed by atoms with E-state index in [0.717, 1.165) is 6.29 Å². The third-order valence-corrected chi connectivity index (χ3v) is 3.35. The minimum absolute atomic E-state index is 0.127. The number of nitrogens with one attached hydrogen (secondary N) is 1. The topological polar surface area (TPSA) is 77.1 Å². The van der Waals surface area contributed by atoms with E-state index in [4.69, 9.17) is 14.4 Å². The molecule has 7 heteroatoms. The number of nitrogens with zero attached hydrogens (tertiary/aromatic N) is 1. The monoisotopic (exact) mass is 314 g/mol. The molecule has 1 N–H and O–H groups in total. The molecule has 1 heterocycles. The normalized spacial score (nSPS) is 12.3. The van der Waals surface area contributed by atoms with Gasteiger partial charge in [0.15, 0.2) is 13.0 Å². The molecule has 1 aliphatic heterocycles. The van der Waals surface area contributed by atoms with Crippen LogP contribution in [0.3, 0.4) is 0 Å². The molecular weight excluding hydrogens is 300 g/mol. The molecule has 0 atom stereocenters. The highest BCUT2D eigenvalue weighted by Crippen LogP contribution is 2.34. The van der Waals surface area contributed by atoms with Crippen LogP contribution in [0.4, 0.5) is 11.4 Å². The van der Waals surface area contributed by atoms with Gasteiger partial charge in [0, 0.05) is 5.56 Å². The maximum absolute atomic E-state index is 12.1. The van der Waals surface area contributed by atoms with E-state index >= 15 is 0 Å². The first-order valence-corrected chi connectivity index (χ1v) is 6.83. The van der Waals surface area contributed by atoms with Gasteiger partial charge in [0.05, 0.1) is 24.0 Å². The van der Waals surface area contributed by atoms with E-state index in [1.807, 2.05) is 0 Å². The van der Waals surface area contributed by atoms with Gasteiger partial charge in [0.1, 0.15) is 5.75 Å². The summed E-state index contributed by atoms with van der Waals surface area (Å²) in [6.45, 7) is -0.127. The van der Waals surface area contributed by atoms with Crippen LogP contribution in [0, 0.1) is 0 Å². The van der Waals surface area contributed by atoms with Crippen LogP contribution < -0.4 is 15.3 Å². The van der Waals surface area contributed by atoms with Crippen molar-refractivity contribution in [2.45, 2.75) is 0 Å². The van der Waals surface area contributed by atoms with Crippen molar-refractivity contribution in [2.24, 2.45) is 0 Å². The molecule has 0 aromatic heterocycles. The predicted molar refractivity (Wildman–Crippen MR) is 82.3 cm³/mol. The Bertz CT molecular complexity index is 747. The van der Waals surface area contributed by atoms with Gasteiger partial charge in [-0.15, -0.1) is 0 Å². The summed E-state index contributed by atoms with van der Waals surface area (Å²) in [6, 6.07) is 11.8. The van der Waals surface area contributed by atoms with Crippen molar-refractivity contribution >= 4 is 23.6 Å². The Morgan fingerprint density at radius 3 is 2.91 bits per heavy atom. The summed E-state index contributed by atoms with van der Waals surface area (Å²) in [5.74, 6) is 0.0620. The molecule has 0 unspecified atom stereocenters. The molecule has 0 radical (unpaired) electrons. The molecule has 0 aliphatic carbocycles. The summed E-state index contributed by atoms with van der Waals surface area (Å²) in [6.07, 6.45) is 0.723. The van der Waals surface area contributed by atoms with E-state index < -0.39 is 5.97 Å². The lowest BCUT2D eigenvalue weighted by molar-refractivity contribution is 0.0334. The molecule has 0 bridgehead atoms. The molecule has 7 nitrogen and oxygen atoms in total. The Morgan fingerprint density at radius 1 is 1.30 bits per heavy atom. The first-order chi connectivity index (χ1) is 11.2. The molecule has 118 valence electrons. The van der Waals surface area contributed by atoms with E-state index in [-0.39, 0.29) is 6.73 Å². The van der Waals surface area contributed by atoms with Crippen LogP contribution in [0.1, 0.15) is 20.7 Å². The summed E-state index contributed by atoms with van der Waals surface area (Å²) in [7, 11) is 1.52. The van der Waals surface area contributed by atoms with Crippen molar-refractivity contribution in [3.63, 3.8) is 0 Å². The van der Waals surface area contributed by atoms with Crippen LogP contribution in [-0.2, 0) is 9.68 Å². The lowest BCUT2D eigenvalue weighted by Gasteiger charge is -2.15.